The Labute approximate surface area is 150 Å². The molecule has 0 atom stereocenters. The number of halogens is 1. The fraction of sp³-hybridized carbons (Fsp3) is 0.353. The van der Waals surface area contributed by atoms with Crippen LogP contribution in [0.15, 0.2) is 36.8 Å². The Balaban J connectivity index is 1.54. The predicted molar refractivity (Wildman–Crippen MR) is 94.3 cm³/mol. The maximum Gasteiger partial charge on any atom is 0.321 e. The minimum Gasteiger partial charge on any atom is -0.495 e. The van der Waals surface area contributed by atoms with Crippen LogP contribution in [0.3, 0.4) is 0 Å². The van der Waals surface area contributed by atoms with E-state index in [1.54, 1.807) is 48.8 Å². The molecule has 8 heteroatoms. The number of benzene rings is 1. The Hall–Kier alpha value is -2.54. The first-order valence-electron chi connectivity index (χ1n) is 7.98. The molecule has 1 fully saturated rings. The number of likely N-dealkylation sites (tertiary alicyclic amines) is 1. The number of hydrogen-bond acceptors (Lipinski definition) is 5. The van der Waals surface area contributed by atoms with E-state index in [-0.39, 0.29) is 12.1 Å². The molecule has 1 N–H and O–H groups in total. The first kappa shape index (κ1) is 17.3. The van der Waals surface area contributed by atoms with Crippen molar-refractivity contribution >= 4 is 23.3 Å². The molecule has 2 aromatic rings. The highest BCUT2D eigenvalue weighted by atomic mass is 35.5. The summed E-state index contributed by atoms with van der Waals surface area (Å²) in [5, 5.41) is 3.39. The maximum absolute atomic E-state index is 12.5. The van der Waals surface area contributed by atoms with Crippen LogP contribution in [0.1, 0.15) is 12.8 Å². The number of urea groups is 1. The molecule has 7 nitrogen and oxygen atoms in total. The number of hydrogen-bond donors (Lipinski definition) is 1. The first-order chi connectivity index (χ1) is 12.2. The number of carbonyl (C=O) groups is 1. The van der Waals surface area contributed by atoms with E-state index in [2.05, 4.69) is 15.3 Å². The average Bonchev–Trinajstić information content (AvgIpc) is 2.63. The van der Waals surface area contributed by atoms with Crippen molar-refractivity contribution in [3.63, 3.8) is 0 Å². The Kier molecular flexibility index (Phi) is 5.55. The van der Waals surface area contributed by atoms with Crippen LogP contribution in [-0.2, 0) is 0 Å². The fourth-order valence-corrected chi connectivity index (χ4v) is 2.84. The zero-order chi connectivity index (χ0) is 17.6. The van der Waals surface area contributed by atoms with Crippen molar-refractivity contribution in [1.82, 2.24) is 14.9 Å². The quantitative estimate of drug-likeness (QED) is 0.903. The van der Waals surface area contributed by atoms with E-state index in [0.717, 1.165) is 12.8 Å². The van der Waals surface area contributed by atoms with Crippen molar-refractivity contribution in [2.24, 2.45) is 0 Å². The van der Waals surface area contributed by atoms with Crippen LogP contribution in [0, 0.1) is 0 Å². The van der Waals surface area contributed by atoms with E-state index in [1.165, 1.54) is 0 Å². The maximum atomic E-state index is 12.5. The lowest BCUT2D eigenvalue weighted by Gasteiger charge is -2.32. The zero-order valence-corrected chi connectivity index (χ0v) is 14.6. The molecule has 1 aliphatic heterocycles. The van der Waals surface area contributed by atoms with Gasteiger partial charge >= 0.3 is 6.03 Å². The van der Waals surface area contributed by atoms with E-state index in [1.807, 2.05) is 0 Å². The Morgan fingerprint density at radius 2 is 2.12 bits per heavy atom. The van der Waals surface area contributed by atoms with Crippen LogP contribution in [-0.4, -0.2) is 47.2 Å². The van der Waals surface area contributed by atoms with Crippen LogP contribution in [0.2, 0.25) is 5.02 Å². The molecule has 25 heavy (non-hydrogen) atoms. The van der Waals surface area contributed by atoms with Crippen LogP contribution in [0.25, 0.3) is 0 Å². The monoisotopic (exact) mass is 362 g/mol. The second-order valence-corrected chi connectivity index (χ2v) is 6.06. The van der Waals surface area contributed by atoms with E-state index in [9.17, 15) is 4.79 Å². The molecule has 3 rings (SSSR count). The summed E-state index contributed by atoms with van der Waals surface area (Å²) in [7, 11) is 1.55. The molecule has 0 spiro atoms. The van der Waals surface area contributed by atoms with Crippen LogP contribution >= 0.6 is 11.6 Å². The molecule has 1 aromatic heterocycles. The summed E-state index contributed by atoms with van der Waals surface area (Å²) < 4.78 is 11.0. The highest BCUT2D eigenvalue weighted by Crippen LogP contribution is 2.28. The first-order valence-corrected chi connectivity index (χ1v) is 8.35. The fourth-order valence-electron chi connectivity index (χ4n) is 2.67. The normalized spacial score (nSPS) is 14.9. The van der Waals surface area contributed by atoms with Gasteiger partial charge < -0.3 is 19.7 Å². The van der Waals surface area contributed by atoms with Crippen LogP contribution < -0.4 is 14.8 Å². The molecule has 1 aliphatic rings. The van der Waals surface area contributed by atoms with Gasteiger partial charge in [0.25, 0.3) is 0 Å². The standard InChI is InChI=1S/C17H19ClN4O3/c1-24-15-3-2-12(18)10-14(15)21-17(23)22-8-4-13(5-9-22)25-16-11-19-6-7-20-16/h2-3,6-7,10-11,13H,4-5,8-9H2,1H3,(H,21,23). The smallest absolute Gasteiger partial charge is 0.321 e. The van der Waals surface area contributed by atoms with Crippen molar-refractivity contribution in [2.75, 3.05) is 25.5 Å². The van der Waals surface area contributed by atoms with E-state index in [4.69, 9.17) is 21.1 Å². The third-order valence-corrected chi connectivity index (χ3v) is 4.19. The summed E-state index contributed by atoms with van der Waals surface area (Å²) in [6.45, 7) is 1.19. The Morgan fingerprint density at radius 1 is 1.32 bits per heavy atom. The summed E-state index contributed by atoms with van der Waals surface area (Å²) in [5.74, 6) is 1.08. The third-order valence-electron chi connectivity index (χ3n) is 3.96. The lowest BCUT2D eigenvalue weighted by Crippen LogP contribution is -2.43. The van der Waals surface area contributed by atoms with Crippen LogP contribution in [0.4, 0.5) is 10.5 Å². The number of ether oxygens (including phenoxy) is 2. The SMILES string of the molecule is COc1ccc(Cl)cc1NC(=O)N1CCC(Oc2cnccn2)CC1. The lowest BCUT2D eigenvalue weighted by molar-refractivity contribution is 0.111. The van der Waals surface area contributed by atoms with Crippen LogP contribution in [0.5, 0.6) is 11.6 Å². The summed E-state index contributed by atoms with van der Waals surface area (Å²) >= 11 is 5.99. The molecule has 0 bridgehead atoms. The number of nitrogens with zero attached hydrogens (tertiary/aromatic N) is 3. The molecular weight excluding hydrogens is 344 g/mol. The molecule has 0 radical (unpaired) electrons. The lowest BCUT2D eigenvalue weighted by atomic mass is 10.1. The Morgan fingerprint density at radius 3 is 2.80 bits per heavy atom. The van der Waals surface area contributed by atoms with E-state index in [0.29, 0.717) is 35.4 Å². The van der Waals surface area contributed by atoms with Crippen molar-refractivity contribution in [2.45, 2.75) is 18.9 Å². The number of aromatic nitrogens is 2. The van der Waals surface area contributed by atoms with Gasteiger partial charge in [0.2, 0.25) is 5.88 Å². The molecule has 0 aliphatic carbocycles. The van der Waals surface area contributed by atoms with Gasteiger partial charge in [0.15, 0.2) is 0 Å². The average molecular weight is 363 g/mol. The number of amides is 2. The van der Waals surface area contributed by atoms with E-state index < -0.39 is 0 Å². The van der Waals surface area contributed by atoms with Crippen molar-refractivity contribution in [3.05, 3.63) is 41.8 Å². The second-order valence-electron chi connectivity index (χ2n) is 5.62. The van der Waals surface area contributed by atoms with Gasteiger partial charge in [-0.2, -0.15) is 0 Å². The number of rotatable bonds is 4. The highest BCUT2D eigenvalue weighted by Gasteiger charge is 2.24. The van der Waals surface area contributed by atoms with Gasteiger partial charge in [-0.15, -0.1) is 0 Å². The topological polar surface area (TPSA) is 76.6 Å². The number of piperidine rings is 1. The van der Waals surface area contributed by atoms with E-state index >= 15 is 0 Å². The number of methoxy groups -OCH3 is 1. The summed E-state index contributed by atoms with van der Waals surface area (Å²) in [4.78, 5) is 22.3. The number of carbonyl (C=O) groups excluding carboxylic acids is 1. The molecule has 1 saturated heterocycles. The van der Waals surface area contributed by atoms with Crippen molar-refractivity contribution < 1.29 is 14.3 Å². The van der Waals surface area contributed by atoms with Gasteiger partial charge in [-0.3, -0.25) is 4.98 Å². The summed E-state index contributed by atoms with van der Waals surface area (Å²) in [5.41, 5.74) is 0.554. The zero-order valence-electron chi connectivity index (χ0n) is 13.8. The minimum atomic E-state index is -0.182. The van der Waals surface area contributed by atoms with Gasteiger partial charge in [-0.25, -0.2) is 9.78 Å². The number of nitrogens with one attached hydrogen (secondary N) is 1. The molecule has 2 amide bonds. The minimum absolute atomic E-state index is 0.0291. The molecule has 0 unspecified atom stereocenters. The summed E-state index contributed by atoms with van der Waals surface area (Å²) in [6, 6.07) is 4.92. The number of anilines is 1. The third kappa shape index (κ3) is 4.51. The molecule has 1 aromatic carbocycles. The summed E-state index contributed by atoms with van der Waals surface area (Å²) in [6.07, 6.45) is 6.28. The van der Waals surface area contributed by atoms with Gasteiger partial charge in [-0.05, 0) is 18.2 Å². The second kappa shape index (κ2) is 8.02. The molecule has 132 valence electrons. The van der Waals surface area contributed by atoms with Gasteiger partial charge in [0, 0.05) is 43.3 Å². The van der Waals surface area contributed by atoms with Gasteiger partial charge in [0.1, 0.15) is 11.9 Å². The molecule has 0 saturated carbocycles. The molecule has 2 heterocycles. The predicted octanol–water partition coefficient (Wildman–Crippen LogP) is 3.21. The van der Waals surface area contributed by atoms with Crippen molar-refractivity contribution in [3.8, 4) is 11.6 Å². The molecular formula is C17H19ClN4O3. The largest absolute Gasteiger partial charge is 0.495 e. The Bertz CT molecular complexity index is 721. The highest BCUT2D eigenvalue weighted by molar-refractivity contribution is 6.31. The van der Waals surface area contributed by atoms with Gasteiger partial charge in [-0.1, -0.05) is 11.6 Å². The van der Waals surface area contributed by atoms with Crippen molar-refractivity contribution in [1.29, 1.82) is 0 Å². The van der Waals surface area contributed by atoms with Gasteiger partial charge in [0.05, 0.1) is 19.0 Å².